The Balaban J connectivity index is 2.30. The highest BCUT2D eigenvalue weighted by molar-refractivity contribution is 7.92. The average molecular weight is 299 g/mol. The lowest BCUT2D eigenvalue weighted by atomic mass is 10.5. The fraction of sp³-hybridized carbons (Fsp3) is 0.273. The van der Waals surface area contributed by atoms with E-state index in [4.69, 9.17) is 5.73 Å². The first-order valence-corrected chi connectivity index (χ1v) is 7.39. The summed E-state index contributed by atoms with van der Waals surface area (Å²) in [5.74, 6) is -1.00. The van der Waals surface area contributed by atoms with Gasteiger partial charge in [-0.25, -0.2) is 13.4 Å². The predicted octanol–water partition coefficient (Wildman–Crippen LogP) is 1.21. The number of anilines is 2. The highest BCUT2D eigenvalue weighted by Gasteiger charge is 2.21. The van der Waals surface area contributed by atoms with Crippen molar-refractivity contribution in [2.45, 2.75) is 24.8 Å². The van der Waals surface area contributed by atoms with Crippen molar-refractivity contribution in [3.05, 3.63) is 30.3 Å². The highest BCUT2D eigenvalue weighted by atomic mass is 32.2. The van der Waals surface area contributed by atoms with E-state index in [0.717, 1.165) is 12.5 Å². The van der Waals surface area contributed by atoms with Crippen LogP contribution in [0.25, 0.3) is 0 Å². The first-order chi connectivity index (χ1) is 9.42. The Morgan fingerprint density at radius 3 is 2.85 bits per heavy atom. The lowest BCUT2D eigenvalue weighted by Gasteiger charge is -2.05. The summed E-state index contributed by atoms with van der Waals surface area (Å²) in [6.07, 6.45) is 2.12. The fourth-order valence-electron chi connectivity index (χ4n) is 1.63. The van der Waals surface area contributed by atoms with Crippen LogP contribution in [0.15, 0.2) is 29.3 Å². The van der Waals surface area contributed by atoms with Crippen molar-refractivity contribution in [1.82, 2.24) is 14.8 Å². The summed E-state index contributed by atoms with van der Waals surface area (Å²) in [4.78, 5) is 3.28. The van der Waals surface area contributed by atoms with Gasteiger partial charge in [0.2, 0.25) is 5.95 Å². The van der Waals surface area contributed by atoms with E-state index in [1.165, 1.54) is 23.0 Å². The molecule has 0 aliphatic rings. The van der Waals surface area contributed by atoms with Crippen molar-refractivity contribution in [3.63, 3.8) is 0 Å². The Kier molecular flexibility index (Phi) is 3.89. The van der Waals surface area contributed by atoms with Crippen LogP contribution in [0.2, 0.25) is 0 Å². The number of nitrogens with one attached hydrogen (secondary N) is 1. The third-order valence-electron chi connectivity index (χ3n) is 2.45. The molecule has 9 heteroatoms. The van der Waals surface area contributed by atoms with Crippen molar-refractivity contribution in [3.8, 4) is 0 Å². The highest BCUT2D eigenvalue weighted by Crippen LogP contribution is 2.19. The number of hydrogen-bond donors (Lipinski definition) is 2. The van der Waals surface area contributed by atoms with Crippen molar-refractivity contribution in [2.24, 2.45) is 0 Å². The number of nitrogen functional groups attached to an aromatic ring is 1. The van der Waals surface area contributed by atoms with Gasteiger partial charge in [-0.15, -0.1) is 0 Å². The van der Waals surface area contributed by atoms with E-state index >= 15 is 0 Å². The maximum atomic E-state index is 12.9. The van der Waals surface area contributed by atoms with Gasteiger partial charge in [-0.2, -0.15) is 9.49 Å². The maximum absolute atomic E-state index is 12.9. The molecular formula is C11H14FN5O2S. The molecular weight excluding hydrogens is 285 g/mol. The normalized spacial score (nSPS) is 11.5. The molecule has 0 atom stereocenters. The Morgan fingerprint density at radius 1 is 1.45 bits per heavy atom. The molecule has 20 heavy (non-hydrogen) atoms. The monoisotopic (exact) mass is 299 g/mol. The summed E-state index contributed by atoms with van der Waals surface area (Å²) in [6, 6.07) is 3.81. The summed E-state index contributed by atoms with van der Waals surface area (Å²) in [6.45, 7) is 2.49. The number of hydrogen-bond acceptors (Lipinski definition) is 5. The second-order valence-corrected chi connectivity index (χ2v) is 5.74. The zero-order valence-electron chi connectivity index (χ0n) is 10.7. The van der Waals surface area contributed by atoms with Crippen molar-refractivity contribution in [2.75, 3.05) is 10.5 Å². The van der Waals surface area contributed by atoms with Crippen LogP contribution in [0.1, 0.15) is 13.3 Å². The molecule has 0 unspecified atom stereocenters. The summed E-state index contributed by atoms with van der Waals surface area (Å²) in [5, 5.41) is 3.91. The Hall–Kier alpha value is -2.16. The second-order valence-electron chi connectivity index (χ2n) is 4.09. The van der Waals surface area contributed by atoms with Gasteiger partial charge >= 0.3 is 0 Å². The quantitative estimate of drug-likeness (QED) is 0.808. The van der Waals surface area contributed by atoms with Crippen LogP contribution in [0.3, 0.4) is 0 Å². The Morgan fingerprint density at radius 2 is 2.20 bits per heavy atom. The Bertz CT molecular complexity index is 713. The number of sulfonamides is 1. The third kappa shape index (κ3) is 3.05. The van der Waals surface area contributed by atoms with Crippen LogP contribution in [0.5, 0.6) is 0 Å². The number of aromatic nitrogens is 3. The summed E-state index contributed by atoms with van der Waals surface area (Å²) < 4.78 is 40.8. The molecule has 0 saturated heterocycles. The van der Waals surface area contributed by atoms with E-state index in [0.29, 0.717) is 6.54 Å². The lowest BCUT2D eigenvalue weighted by Crippen LogP contribution is -2.15. The molecule has 2 heterocycles. The number of rotatable bonds is 5. The second kappa shape index (κ2) is 5.45. The number of nitrogens with zero attached hydrogens (tertiary/aromatic N) is 3. The van der Waals surface area contributed by atoms with Crippen LogP contribution >= 0.6 is 0 Å². The van der Waals surface area contributed by atoms with Gasteiger partial charge in [-0.1, -0.05) is 13.0 Å². The van der Waals surface area contributed by atoms with E-state index in [1.807, 2.05) is 6.92 Å². The van der Waals surface area contributed by atoms with E-state index < -0.39 is 16.0 Å². The lowest BCUT2D eigenvalue weighted by molar-refractivity contribution is 0.584. The molecule has 0 amide bonds. The fourth-order valence-corrected chi connectivity index (χ4v) is 2.70. The van der Waals surface area contributed by atoms with Gasteiger partial charge in [0.15, 0.2) is 5.82 Å². The molecule has 0 spiro atoms. The maximum Gasteiger partial charge on any atom is 0.268 e. The van der Waals surface area contributed by atoms with Crippen LogP contribution in [0.4, 0.5) is 16.0 Å². The molecule has 7 nitrogen and oxygen atoms in total. The predicted molar refractivity (Wildman–Crippen MR) is 71.9 cm³/mol. The zero-order valence-corrected chi connectivity index (χ0v) is 11.6. The van der Waals surface area contributed by atoms with Crippen molar-refractivity contribution < 1.29 is 12.8 Å². The number of nitrogens with two attached hydrogens (primary N) is 1. The first-order valence-electron chi connectivity index (χ1n) is 5.90. The van der Waals surface area contributed by atoms with E-state index in [-0.39, 0.29) is 16.5 Å². The summed E-state index contributed by atoms with van der Waals surface area (Å²) >= 11 is 0. The molecule has 3 N–H and O–H groups in total. The molecule has 2 aromatic rings. The van der Waals surface area contributed by atoms with E-state index in [2.05, 4.69) is 14.8 Å². The number of aryl methyl sites for hydroxylation is 1. The van der Waals surface area contributed by atoms with Crippen molar-refractivity contribution >= 4 is 21.7 Å². The van der Waals surface area contributed by atoms with Gasteiger partial charge in [0.1, 0.15) is 10.7 Å². The minimum atomic E-state index is -3.95. The molecule has 0 radical (unpaired) electrons. The molecule has 108 valence electrons. The smallest absolute Gasteiger partial charge is 0.268 e. The molecule has 0 aliphatic carbocycles. The summed E-state index contributed by atoms with van der Waals surface area (Å²) in [7, 11) is -3.95. The number of pyridine rings is 1. The molecule has 2 aromatic heterocycles. The van der Waals surface area contributed by atoms with Gasteiger partial charge in [-0.05, 0) is 18.6 Å². The number of halogens is 1. The first kappa shape index (κ1) is 14.3. The SMILES string of the molecule is CCCn1cc(S(=O)(=O)Nc2cccc(F)n2)c(N)n1. The average Bonchev–Trinajstić information content (AvgIpc) is 2.71. The molecule has 0 bridgehead atoms. The minimum Gasteiger partial charge on any atom is -0.381 e. The van der Waals surface area contributed by atoms with Gasteiger partial charge in [-0.3, -0.25) is 9.40 Å². The zero-order chi connectivity index (χ0) is 14.8. The van der Waals surface area contributed by atoms with Crippen LogP contribution in [0, 0.1) is 5.95 Å². The Labute approximate surface area is 115 Å². The molecule has 0 aromatic carbocycles. The van der Waals surface area contributed by atoms with E-state index in [1.54, 1.807) is 0 Å². The van der Waals surface area contributed by atoms with Gasteiger partial charge < -0.3 is 5.73 Å². The molecule has 0 fully saturated rings. The topological polar surface area (TPSA) is 103 Å². The van der Waals surface area contributed by atoms with Crippen LogP contribution in [-0.2, 0) is 16.6 Å². The largest absolute Gasteiger partial charge is 0.381 e. The summed E-state index contributed by atoms with van der Waals surface area (Å²) in [5.41, 5.74) is 5.60. The molecule has 2 rings (SSSR count). The molecule has 0 aliphatic heterocycles. The standard InChI is InChI=1S/C11H14FN5O2S/c1-2-6-17-7-8(11(13)15-17)20(18,19)16-10-5-3-4-9(12)14-10/h3-5,7H,2,6H2,1H3,(H2,13,15)(H,14,16). The van der Waals surface area contributed by atoms with Gasteiger partial charge in [0.05, 0.1) is 0 Å². The third-order valence-corrected chi connectivity index (χ3v) is 3.82. The molecule has 0 saturated carbocycles. The van der Waals surface area contributed by atoms with Gasteiger partial charge in [0, 0.05) is 12.7 Å². The van der Waals surface area contributed by atoms with Crippen LogP contribution < -0.4 is 10.5 Å². The minimum absolute atomic E-state index is 0.109. The van der Waals surface area contributed by atoms with Crippen LogP contribution in [-0.4, -0.2) is 23.2 Å². The van der Waals surface area contributed by atoms with Gasteiger partial charge in [0.25, 0.3) is 10.0 Å². The van der Waals surface area contributed by atoms with E-state index in [9.17, 15) is 12.8 Å². The van der Waals surface area contributed by atoms with Crippen molar-refractivity contribution in [1.29, 1.82) is 0 Å².